The summed E-state index contributed by atoms with van der Waals surface area (Å²) in [5.41, 5.74) is 0. The fraction of sp³-hybridized carbons (Fsp3) is 0.667. The molecule has 0 fully saturated rings. The highest BCUT2D eigenvalue weighted by molar-refractivity contribution is 5.78. The second-order valence-corrected chi connectivity index (χ2v) is 2.48. The Kier molecular flexibility index (Phi) is 7.41. The van der Waals surface area contributed by atoms with Gasteiger partial charge in [0.2, 0.25) is 5.91 Å². The van der Waals surface area contributed by atoms with Crippen LogP contribution in [-0.2, 0) is 4.79 Å². The van der Waals surface area contributed by atoms with E-state index in [2.05, 4.69) is 23.5 Å². The van der Waals surface area contributed by atoms with E-state index in [-0.39, 0.29) is 12.3 Å². The summed E-state index contributed by atoms with van der Waals surface area (Å²) in [5.74, 6) is 2.21. The zero-order valence-electron chi connectivity index (χ0n) is 7.52. The summed E-state index contributed by atoms with van der Waals surface area (Å²) in [6.45, 7) is 4.56. The average Bonchev–Trinajstić information content (AvgIpc) is 2.05. The molecule has 0 bridgehead atoms. The van der Waals surface area contributed by atoms with Gasteiger partial charge in [-0.1, -0.05) is 12.8 Å². The van der Waals surface area contributed by atoms with Crippen molar-refractivity contribution in [3.63, 3.8) is 0 Å². The normalized spacial score (nSPS) is 9.00. The summed E-state index contributed by atoms with van der Waals surface area (Å²) < 4.78 is 0. The first kappa shape index (κ1) is 11.0. The Bertz CT molecular complexity index is 160. The van der Waals surface area contributed by atoms with Crippen LogP contribution < -0.4 is 10.6 Å². The molecule has 0 unspecified atom stereocenters. The van der Waals surface area contributed by atoms with E-state index < -0.39 is 0 Å². The SMILES string of the molecule is C#CCC(=O)NCCNCCC. The van der Waals surface area contributed by atoms with Crippen LogP contribution in [0, 0.1) is 12.3 Å². The largest absolute Gasteiger partial charge is 0.354 e. The minimum absolute atomic E-state index is 0.0733. The lowest BCUT2D eigenvalue weighted by atomic mass is 10.4. The van der Waals surface area contributed by atoms with E-state index in [1.165, 1.54) is 0 Å². The van der Waals surface area contributed by atoms with Crippen LogP contribution in [0.25, 0.3) is 0 Å². The molecule has 0 aliphatic rings. The fourth-order valence-electron chi connectivity index (χ4n) is 0.747. The smallest absolute Gasteiger partial charge is 0.232 e. The molecule has 0 saturated heterocycles. The standard InChI is InChI=1S/C9H16N2O/c1-3-5-9(12)11-8-7-10-6-4-2/h1,10H,4-8H2,2H3,(H,11,12). The Hall–Kier alpha value is -1.01. The highest BCUT2D eigenvalue weighted by Crippen LogP contribution is 1.73. The molecule has 0 spiro atoms. The van der Waals surface area contributed by atoms with E-state index in [9.17, 15) is 4.79 Å². The molecule has 2 N–H and O–H groups in total. The molecule has 3 heteroatoms. The Morgan fingerprint density at radius 2 is 2.17 bits per heavy atom. The summed E-state index contributed by atoms with van der Waals surface area (Å²) in [5, 5.41) is 5.86. The topological polar surface area (TPSA) is 41.1 Å². The van der Waals surface area contributed by atoms with E-state index >= 15 is 0 Å². The van der Waals surface area contributed by atoms with E-state index in [0.717, 1.165) is 19.5 Å². The van der Waals surface area contributed by atoms with Crippen LogP contribution in [0.4, 0.5) is 0 Å². The van der Waals surface area contributed by atoms with Crippen LogP contribution >= 0.6 is 0 Å². The molecule has 68 valence electrons. The van der Waals surface area contributed by atoms with Crippen molar-refractivity contribution in [2.24, 2.45) is 0 Å². The number of hydrogen-bond donors (Lipinski definition) is 2. The van der Waals surface area contributed by atoms with Crippen LogP contribution in [-0.4, -0.2) is 25.5 Å². The van der Waals surface area contributed by atoms with Gasteiger partial charge in [0.25, 0.3) is 0 Å². The molecule has 0 aliphatic carbocycles. The molecular weight excluding hydrogens is 152 g/mol. The molecule has 3 nitrogen and oxygen atoms in total. The zero-order chi connectivity index (χ0) is 9.23. The fourth-order valence-corrected chi connectivity index (χ4v) is 0.747. The Morgan fingerprint density at radius 3 is 2.75 bits per heavy atom. The molecule has 0 aromatic carbocycles. The van der Waals surface area contributed by atoms with Gasteiger partial charge in [-0.05, 0) is 13.0 Å². The molecule has 0 heterocycles. The van der Waals surface area contributed by atoms with Crippen LogP contribution in [0.3, 0.4) is 0 Å². The summed E-state index contributed by atoms with van der Waals surface area (Å²) >= 11 is 0. The molecular formula is C9H16N2O. The molecule has 12 heavy (non-hydrogen) atoms. The number of carbonyl (C=O) groups is 1. The lowest BCUT2D eigenvalue weighted by molar-refractivity contribution is -0.120. The predicted octanol–water partition coefficient (Wildman–Crippen LogP) is 0.125. The third-order valence-electron chi connectivity index (χ3n) is 1.31. The van der Waals surface area contributed by atoms with Crippen LogP contribution in [0.5, 0.6) is 0 Å². The Morgan fingerprint density at radius 1 is 1.42 bits per heavy atom. The van der Waals surface area contributed by atoms with E-state index in [1.807, 2.05) is 0 Å². The van der Waals surface area contributed by atoms with Crippen LogP contribution in [0.15, 0.2) is 0 Å². The number of nitrogens with one attached hydrogen (secondary N) is 2. The number of terminal acetylenes is 1. The number of hydrogen-bond acceptors (Lipinski definition) is 2. The molecule has 0 atom stereocenters. The second kappa shape index (κ2) is 8.09. The molecule has 0 aromatic heterocycles. The Labute approximate surface area is 73.9 Å². The first-order chi connectivity index (χ1) is 5.81. The quantitative estimate of drug-likeness (QED) is 0.437. The van der Waals surface area contributed by atoms with Crippen molar-refractivity contribution >= 4 is 5.91 Å². The maximum absolute atomic E-state index is 10.8. The second-order valence-electron chi connectivity index (χ2n) is 2.48. The van der Waals surface area contributed by atoms with E-state index in [4.69, 9.17) is 6.42 Å². The van der Waals surface area contributed by atoms with Gasteiger partial charge in [-0.3, -0.25) is 4.79 Å². The van der Waals surface area contributed by atoms with Crippen molar-refractivity contribution in [2.45, 2.75) is 19.8 Å². The lowest BCUT2D eigenvalue weighted by Gasteiger charge is -2.03. The van der Waals surface area contributed by atoms with Gasteiger partial charge in [0.15, 0.2) is 0 Å². The van der Waals surface area contributed by atoms with Gasteiger partial charge in [0.05, 0.1) is 6.42 Å². The number of rotatable bonds is 6. The van der Waals surface area contributed by atoms with Gasteiger partial charge >= 0.3 is 0 Å². The van der Waals surface area contributed by atoms with Crippen molar-refractivity contribution in [2.75, 3.05) is 19.6 Å². The van der Waals surface area contributed by atoms with Crippen LogP contribution in [0.2, 0.25) is 0 Å². The van der Waals surface area contributed by atoms with Gasteiger partial charge in [-0.15, -0.1) is 6.42 Å². The Balaban J connectivity index is 3.10. The highest BCUT2D eigenvalue weighted by atomic mass is 16.1. The molecule has 1 amide bonds. The maximum Gasteiger partial charge on any atom is 0.232 e. The van der Waals surface area contributed by atoms with Crippen LogP contribution in [0.1, 0.15) is 19.8 Å². The summed E-state index contributed by atoms with van der Waals surface area (Å²) in [6, 6.07) is 0. The molecule has 0 rings (SSSR count). The predicted molar refractivity (Wildman–Crippen MR) is 49.6 cm³/mol. The first-order valence-electron chi connectivity index (χ1n) is 4.22. The minimum Gasteiger partial charge on any atom is -0.354 e. The average molecular weight is 168 g/mol. The molecule has 0 aromatic rings. The van der Waals surface area contributed by atoms with Gasteiger partial charge < -0.3 is 10.6 Å². The summed E-state index contributed by atoms with van der Waals surface area (Å²) in [4.78, 5) is 10.8. The van der Waals surface area contributed by atoms with E-state index in [1.54, 1.807) is 0 Å². The number of amides is 1. The van der Waals surface area contributed by atoms with Crippen molar-refractivity contribution in [3.8, 4) is 12.3 Å². The van der Waals surface area contributed by atoms with Crippen molar-refractivity contribution in [3.05, 3.63) is 0 Å². The molecule has 0 aliphatic heterocycles. The summed E-state index contributed by atoms with van der Waals surface area (Å²) in [6.07, 6.45) is 6.24. The van der Waals surface area contributed by atoms with Gasteiger partial charge in [-0.2, -0.15) is 0 Å². The monoisotopic (exact) mass is 168 g/mol. The van der Waals surface area contributed by atoms with Crippen molar-refractivity contribution in [1.29, 1.82) is 0 Å². The maximum atomic E-state index is 10.8. The molecule has 0 radical (unpaired) electrons. The first-order valence-corrected chi connectivity index (χ1v) is 4.22. The van der Waals surface area contributed by atoms with Crippen molar-refractivity contribution in [1.82, 2.24) is 10.6 Å². The lowest BCUT2D eigenvalue weighted by Crippen LogP contribution is -2.31. The molecule has 0 saturated carbocycles. The van der Waals surface area contributed by atoms with E-state index in [0.29, 0.717) is 6.54 Å². The summed E-state index contributed by atoms with van der Waals surface area (Å²) in [7, 11) is 0. The minimum atomic E-state index is -0.0733. The third-order valence-corrected chi connectivity index (χ3v) is 1.31. The highest BCUT2D eigenvalue weighted by Gasteiger charge is 1.94. The van der Waals surface area contributed by atoms with Gasteiger partial charge in [0, 0.05) is 13.1 Å². The van der Waals surface area contributed by atoms with Crippen molar-refractivity contribution < 1.29 is 4.79 Å². The zero-order valence-corrected chi connectivity index (χ0v) is 7.52. The van der Waals surface area contributed by atoms with Gasteiger partial charge in [-0.25, -0.2) is 0 Å². The number of carbonyl (C=O) groups excluding carboxylic acids is 1. The van der Waals surface area contributed by atoms with Gasteiger partial charge in [0.1, 0.15) is 0 Å². The third kappa shape index (κ3) is 7.10.